The lowest BCUT2D eigenvalue weighted by Crippen LogP contribution is -2.20. The Morgan fingerprint density at radius 2 is 2.16 bits per heavy atom. The van der Waals surface area contributed by atoms with Crippen LogP contribution in [0.25, 0.3) is 0 Å². The first-order valence-electron chi connectivity index (χ1n) is 5.96. The Labute approximate surface area is 117 Å². The van der Waals surface area contributed by atoms with Gasteiger partial charge < -0.3 is 9.52 Å². The van der Waals surface area contributed by atoms with Crippen molar-refractivity contribution in [1.82, 2.24) is 0 Å². The van der Waals surface area contributed by atoms with Crippen molar-refractivity contribution in [3.63, 3.8) is 0 Å². The predicted molar refractivity (Wildman–Crippen MR) is 75.1 cm³/mol. The molecular weight excluding hydrogens is 264 g/mol. The van der Waals surface area contributed by atoms with Crippen molar-refractivity contribution in [2.75, 3.05) is 11.1 Å². The second-order valence-electron chi connectivity index (χ2n) is 4.40. The van der Waals surface area contributed by atoms with Crippen LogP contribution < -0.4 is 5.32 Å². The maximum Gasteiger partial charge on any atom is 0.236 e. The Balaban J connectivity index is 2.63. The van der Waals surface area contributed by atoms with Gasteiger partial charge in [0.1, 0.15) is 17.4 Å². The number of hydrogen-bond acceptors (Lipinski definition) is 5. The lowest BCUT2D eigenvalue weighted by Gasteiger charge is -2.13. The van der Waals surface area contributed by atoms with Gasteiger partial charge in [0.25, 0.3) is 0 Å². The third-order valence-electron chi connectivity index (χ3n) is 2.91. The van der Waals surface area contributed by atoms with Gasteiger partial charge in [0.15, 0.2) is 0 Å². The molecule has 2 unspecified atom stereocenters. The number of furan rings is 1. The molecule has 1 aromatic heterocycles. The van der Waals surface area contributed by atoms with Crippen LogP contribution in [0.5, 0.6) is 0 Å². The minimum absolute atomic E-state index is 0.0266. The van der Waals surface area contributed by atoms with Crippen molar-refractivity contribution in [1.29, 1.82) is 5.26 Å². The third kappa shape index (κ3) is 4.01. The summed E-state index contributed by atoms with van der Waals surface area (Å²) in [6, 6.07) is 2.02. The summed E-state index contributed by atoms with van der Waals surface area (Å²) in [5, 5.41) is 20.9. The van der Waals surface area contributed by atoms with Crippen LogP contribution in [0.2, 0.25) is 0 Å². The van der Waals surface area contributed by atoms with Crippen molar-refractivity contribution in [2.45, 2.75) is 39.0 Å². The number of aliphatic hydroxyl groups excluding tert-OH is 1. The number of nitriles is 1. The second kappa shape index (κ2) is 6.64. The van der Waals surface area contributed by atoms with Crippen LogP contribution in [0.3, 0.4) is 0 Å². The number of hydrogen-bond donors (Lipinski definition) is 2. The summed E-state index contributed by atoms with van der Waals surface area (Å²) in [5.41, 5.74) is 1.10. The van der Waals surface area contributed by atoms with Gasteiger partial charge in [-0.2, -0.15) is 5.26 Å². The number of rotatable bonds is 5. The fraction of sp³-hybridized carbons (Fsp3) is 0.538. The average molecular weight is 282 g/mol. The molecule has 19 heavy (non-hydrogen) atoms. The van der Waals surface area contributed by atoms with E-state index in [1.54, 1.807) is 20.8 Å². The Morgan fingerprint density at radius 3 is 2.68 bits per heavy atom. The molecule has 1 amide bonds. The van der Waals surface area contributed by atoms with E-state index in [1.165, 1.54) is 11.8 Å². The van der Waals surface area contributed by atoms with Gasteiger partial charge in [-0.15, -0.1) is 11.8 Å². The highest BCUT2D eigenvalue weighted by molar-refractivity contribution is 8.00. The Hall–Kier alpha value is -1.45. The molecule has 0 bridgehead atoms. The third-order valence-corrected chi connectivity index (χ3v) is 4.26. The maximum absolute atomic E-state index is 11.7. The van der Waals surface area contributed by atoms with Gasteiger partial charge in [-0.3, -0.25) is 10.1 Å². The van der Waals surface area contributed by atoms with Gasteiger partial charge >= 0.3 is 0 Å². The molecule has 0 fully saturated rings. The van der Waals surface area contributed by atoms with Crippen LogP contribution in [0.4, 0.5) is 5.88 Å². The van der Waals surface area contributed by atoms with Gasteiger partial charge in [0.05, 0.1) is 11.9 Å². The summed E-state index contributed by atoms with van der Waals surface area (Å²) in [6.45, 7) is 7.06. The summed E-state index contributed by atoms with van der Waals surface area (Å²) in [6.07, 6.45) is -0.472. The highest BCUT2D eigenvalue weighted by atomic mass is 32.2. The summed E-state index contributed by atoms with van der Waals surface area (Å²) >= 11 is 1.35. The van der Waals surface area contributed by atoms with Gasteiger partial charge in [0.2, 0.25) is 11.8 Å². The van der Waals surface area contributed by atoms with E-state index in [0.717, 1.165) is 5.56 Å². The smallest absolute Gasteiger partial charge is 0.236 e. The normalized spacial score (nSPS) is 13.7. The number of aliphatic hydroxyl groups is 1. The quantitative estimate of drug-likeness (QED) is 0.864. The maximum atomic E-state index is 11.7. The molecule has 1 heterocycles. The zero-order valence-corrected chi connectivity index (χ0v) is 12.3. The molecule has 5 nitrogen and oxygen atoms in total. The van der Waals surface area contributed by atoms with Crippen LogP contribution in [-0.2, 0) is 4.79 Å². The molecule has 0 spiro atoms. The standard InChI is InChI=1S/C13H18N2O3S/c1-7-9(3)18-13(11(7)5-14)15-12(17)6-19-10(4)8(2)16/h8,10,16H,6H2,1-4H3,(H,15,17). The van der Waals surface area contributed by atoms with E-state index in [1.807, 2.05) is 13.0 Å². The first kappa shape index (κ1) is 15.6. The Morgan fingerprint density at radius 1 is 1.53 bits per heavy atom. The summed E-state index contributed by atoms with van der Waals surface area (Å²) in [5.74, 6) is 0.780. The van der Waals surface area contributed by atoms with E-state index in [0.29, 0.717) is 11.3 Å². The highest BCUT2D eigenvalue weighted by Crippen LogP contribution is 2.25. The number of nitrogens with one attached hydrogen (secondary N) is 1. The zero-order valence-electron chi connectivity index (χ0n) is 11.5. The number of anilines is 1. The predicted octanol–water partition coefficient (Wildman–Crippen LogP) is 2.21. The van der Waals surface area contributed by atoms with E-state index in [9.17, 15) is 9.90 Å². The molecule has 0 saturated heterocycles. The summed E-state index contributed by atoms with van der Waals surface area (Å²) < 4.78 is 5.35. The molecule has 0 radical (unpaired) electrons. The topological polar surface area (TPSA) is 86.3 Å². The zero-order chi connectivity index (χ0) is 14.6. The van der Waals surface area contributed by atoms with Crippen molar-refractivity contribution < 1.29 is 14.3 Å². The van der Waals surface area contributed by atoms with E-state index in [-0.39, 0.29) is 22.8 Å². The number of nitrogens with zero attached hydrogens (tertiary/aromatic N) is 1. The first-order chi connectivity index (χ1) is 8.86. The molecule has 0 saturated carbocycles. The van der Waals surface area contributed by atoms with Gasteiger partial charge in [-0.1, -0.05) is 6.92 Å². The van der Waals surface area contributed by atoms with Crippen molar-refractivity contribution >= 4 is 23.6 Å². The lowest BCUT2D eigenvalue weighted by molar-refractivity contribution is -0.113. The van der Waals surface area contributed by atoms with Crippen molar-refractivity contribution in [3.05, 3.63) is 16.9 Å². The minimum atomic E-state index is -0.472. The number of carbonyl (C=O) groups is 1. The molecule has 2 atom stereocenters. The molecule has 0 aromatic carbocycles. The molecule has 1 rings (SSSR count). The number of amides is 1. The van der Waals surface area contributed by atoms with Crippen LogP contribution in [-0.4, -0.2) is 28.1 Å². The van der Waals surface area contributed by atoms with Crippen molar-refractivity contribution in [2.24, 2.45) is 0 Å². The fourth-order valence-corrected chi connectivity index (χ4v) is 2.12. The monoisotopic (exact) mass is 282 g/mol. The summed E-state index contributed by atoms with van der Waals surface area (Å²) in [7, 11) is 0. The molecule has 1 aromatic rings. The van der Waals surface area contributed by atoms with Crippen LogP contribution in [0, 0.1) is 25.2 Å². The second-order valence-corrected chi connectivity index (χ2v) is 5.77. The fourth-order valence-electron chi connectivity index (χ4n) is 1.36. The minimum Gasteiger partial charge on any atom is -0.444 e. The molecule has 0 aliphatic rings. The summed E-state index contributed by atoms with van der Waals surface area (Å²) in [4.78, 5) is 11.7. The molecule has 0 aliphatic heterocycles. The largest absolute Gasteiger partial charge is 0.444 e. The molecule has 6 heteroatoms. The van der Waals surface area contributed by atoms with Crippen LogP contribution in [0.15, 0.2) is 4.42 Å². The first-order valence-corrected chi connectivity index (χ1v) is 7.01. The van der Waals surface area contributed by atoms with E-state index < -0.39 is 6.10 Å². The van der Waals surface area contributed by atoms with E-state index in [2.05, 4.69) is 5.32 Å². The Kier molecular flexibility index (Phi) is 5.45. The highest BCUT2D eigenvalue weighted by Gasteiger charge is 2.17. The van der Waals surface area contributed by atoms with Gasteiger partial charge in [-0.05, 0) is 20.8 Å². The van der Waals surface area contributed by atoms with Gasteiger partial charge in [-0.25, -0.2) is 0 Å². The van der Waals surface area contributed by atoms with Gasteiger partial charge in [0, 0.05) is 10.8 Å². The lowest BCUT2D eigenvalue weighted by atomic mass is 10.2. The number of carbonyl (C=O) groups excluding carboxylic acids is 1. The van der Waals surface area contributed by atoms with E-state index >= 15 is 0 Å². The number of thioether (sulfide) groups is 1. The molecule has 2 N–H and O–H groups in total. The molecule has 0 aliphatic carbocycles. The Bertz CT molecular complexity index is 503. The molecule has 104 valence electrons. The van der Waals surface area contributed by atoms with Crippen LogP contribution >= 0.6 is 11.8 Å². The molecular formula is C13H18N2O3S. The van der Waals surface area contributed by atoms with Crippen LogP contribution in [0.1, 0.15) is 30.7 Å². The average Bonchev–Trinajstić information content (AvgIpc) is 2.61. The number of aryl methyl sites for hydroxylation is 1. The SMILES string of the molecule is Cc1oc(NC(=O)CSC(C)C(C)O)c(C#N)c1C. The van der Waals surface area contributed by atoms with Crippen molar-refractivity contribution in [3.8, 4) is 6.07 Å². The van der Waals surface area contributed by atoms with E-state index in [4.69, 9.17) is 9.68 Å².